The Kier molecular flexibility index (Phi) is 46.0. The predicted molar refractivity (Wildman–Crippen MR) is 289 cm³/mol. The number of carboxylic acids is 1. The van der Waals surface area contributed by atoms with Gasteiger partial charge in [-0.15, -0.1) is 0 Å². The van der Waals surface area contributed by atoms with Crippen LogP contribution in [0, 0.1) is 0 Å². The molecule has 1 saturated heterocycles. The van der Waals surface area contributed by atoms with Crippen molar-refractivity contribution in [1.29, 1.82) is 0 Å². The largest absolute Gasteiger partial charge is 0.479 e. The number of hydrogen-bond donors (Lipinski definition) is 4. The second-order valence-electron chi connectivity index (χ2n) is 20.1. The van der Waals surface area contributed by atoms with Crippen molar-refractivity contribution in [2.75, 3.05) is 13.2 Å². The Labute approximate surface area is 433 Å². The topological polar surface area (TPSA) is 169 Å². The Balaban J connectivity index is 2.23. The van der Waals surface area contributed by atoms with E-state index in [1.54, 1.807) is 0 Å². The number of carbonyl (C=O) groups excluding carboxylic acids is 2. The highest BCUT2D eigenvalue weighted by Crippen LogP contribution is 2.23. The molecule has 1 fully saturated rings. The van der Waals surface area contributed by atoms with Crippen LogP contribution in [0.3, 0.4) is 0 Å². The van der Waals surface area contributed by atoms with E-state index in [1.807, 2.05) is 0 Å². The molecule has 11 nitrogen and oxygen atoms in total. The summed E-state index contributed by atoms with van der Waals surface area (Å²) in [5.74, 6) is -2.43. The lowest BCUT2D eigenvalue weighted by Crippen LogP contribution is -2.60. The molecule has 0 saturated carbocycles. The van der Waals surface area contributed by atoms with Crippen molar-refractivity contribution in [2.24, 2.45) is 0 Å². The maximum Gasteiger partial charge on any atom is 0.335 e. The molecule has 0 radical (unpaired) electrons. The van der Waals surface area contributed by atoms with Crippen molar-refractivity contribution < 1.29 is 53.8 Å². The number of aliphatic carboxylic acids is 1. The lowest BCUT2D eigenvalue weighted by atomic mass is 9.99. The summed E-state index contributed by atoms with van der Waals surface area (Å²) in [6.07, 6.45) is 53.1. The van der Waals surface area contributed by atoms with Gasteiger partial charge in [-0.25, -0.2) is 4.79 Å². The maximum atomic E-state index is 12.9. The summed E-state index contributed by atoms with van der Waals surface area (Å²) in [7, 11) is 0. The van der Waals surface area contributed by atoms with Gasteiger partial charge in [-0.1, -0.05) is 249 Å². The molecule has 11 heteroatoms. The van der Waals surface area contributed by atoms with Crippen LogP contribution < -0.4 is 0 Å². The molecule has 1 aliphatic rings. The van der Waals surface area contributed by atoms with Crippen LogP contribution in [0.4, 0.5) is 0 Å². The Hall–Kier alpha value is -2.83. The van der Waals surface area contributed by atoms with Crippen LogP contribution in [-0.2, 0) is 33.3 Å². The second-order valence-corrected chi connectivity index (χ2v) is 20.1. The van der Waals surface area contributed by atoms with Gasteiger partial charge in [0.25, 0.3) is 0 Å². The molecule has 0 aromatic rings. The summed E-state index contributed by atoms with van der Waals surface area (Å²) in [6.45, 7) is 3.75. The molecular formula is C60H106O11. The summed E-state index contributed by atoms with van der Waals surface area (Å²) >= 11 is 0. The van der Waals surface area contributed by atoms with Gasteiger partial charge in [0.1, 0.15) is 24.9 Å². The Morgan fingerprint density at radius 2 is 0.831 bits per heavy atom. The Morgan fingerprint density at radius 1 is 0.451 bits per heavy atom. The Morgan fingerprint density at radius 3 is 1.25 bits per heavy atom. The SMILES string of the molecule is CC/C=C\C/C=C\C/C=C\C/C=C\CCCCCCCCCCCCC(=O)OCC(COC1OC(C(=O)O)C(O)C(O)C1O)OC(=O)CCCCCCCCCCCCCCCCCCCCCCCC. The summed E-state index contributed by atoms with van der Waals surface area (Å²) in [5.41, 5.74) is 0. The van der Waals surface area contributed by atoms with Gasteiger partial charge in [0.15, 0.2) is 18.5 Å². The van der Waals surface area contributed by atoms with Crippen LogP contribution >= 0.6 is 0 Å². The molecule has 0 aromatic carbocycles. The molecule has 6 atom stereocenters. The van der Waals surface area contributed by atoms with Crippen molar-refractivity contribution in [2.45, 2.75) is 301 Å². The van der Waals surface area contributed by atoms with Crippen LogP contribution in [0.25, 0.3) is 0 Å². The van der Waals surface area contributed by atoms with Crippen LogP contribution in [0.2, 0.25) is 0 Å². The first-order valence-corrected chi connectivity index (χ1v) is 29.2. The van der Waals surface area contributed by atoms with Gasteiger partial charge in [0.05, 0.1) is 6.61 Å². The fraction of sp³-hybridized carbons (Fsp3) is 0.817. The number of unbranched alkanes of at least 4 members (excludes halogenated alkanes) is 31. The smallest absolute Gasteiger partial charge is 0.335 e. The zero-order valence-electron chi connectivity index (χ0n) is 45.2. The van der Waals surface area contributed by atoms with E-state index in [0.717, 1.165) is 70.6 Å². The monoisotopic (exact) mass is 1000 g/mol. The quantitative estimate of drug-likeness (QED) is 0.0260. The van der Waals surface area contributed by atoms with Crippen molar-refractivity contribution in [3.8, 4) is 0 Å². The summed E-state index contributed by atoms with van der Waals surface area (Å²) in [4.78, 5) is 37.1. The number of aliphatic hydroxyl groups excluding tert-OH is 3. The van der Waals surface area contributed by atoms with Gasteiger partial charge >= 0.3 is 17.9 Å². The lowest BCUT2D eigenvalue weighted by Gasteiger charge is -2.38. The van der Waals surface area contributed by atoms with Crippen molar-refractivity contribution in [1.82, 2.24) is 0 Å². The fourth-order valence-corrected chi connectivity index (χ4v) is 8.93. The lowest BCUT2D eigenvalue weighted by molar-refractivity contribution is -0.298. The molecular weight excluding hydrogens is 897 g/mol. The first kappa shape index (κ1) is 66.2. The third kappa shape index (κ3) is 40.3. The van der Waals surface area contributed by atoms with Gasteiger partial charge in [-0.05, 0) is 51.4 Å². The summed E-state index contributed by atoms with van der Waals surface area (Å²) in [5, 5.41) is 40.1. The maximum absolute atomic E-state index is 12.9. The number of esters is 2. The summed E-state index contributed by atoms with van der Waals surface area (Å²) < 4.78 is 21.9. The third-order valence-corrected chi connectivity index (χ3v) is 13.4. The molecule has 71 heavy (non-hydrogen) atoms. The number of aliphatic hydroxyl groups is 3. The first-order chi connectivity index (χ1) is 34.7. The minimum Gasteiger partial charge on any atom is -0.479 e. The van der Waals surface area contributed by atoms with E-state index in [9.17, 15) is 34.8 Å². The third-order valence-electron chi connectivity index (χ3n) is 13.4. The van der Waals surface area contributed by atoms with E-state index < -0.39 is 54.7 Å². The molecule has 0 amide bonds. The number of hydrogen-bond acceptors (Lipinski definition) is 10. The van der Waals surface area contributed by atoms with Gasteiger partial charge in [0, 0.05) is 12.8 Å². The van der Waals surface area contributed by atoms with Crippen molar-refractivity contribution in [3.63, 3.8) is 0 Å². The van der Waals surface area contributed by atoms with E-state index in [2.05, 4.69) is 62.5 Å². The molecule has 1 heterocycles. The molecule has 6 unspecified atom stereocenters. The molecule has 0 spiro atoms. The normalized spacial score (nSPS) is 18.9. The molecule has 0 aliphatic carbocycles. The van der Waals surface area contributed by atoms with Crippen LogP contribution in [0.5, 0.6) is 0 Å². The van der Waals surface area contributed by atoms with Crippen LogP contribution in [0.1, 0.15) is 264 Å². The number of carbonyl (C=O) groups is 3. The zero-order valence-corrected chi connectivity index (χ0v) is 45.2. The van der Waals surface area contributed by atoms with E-state index in [4.69, 9.17) is 18.9 Å². The molecule has 1 aliphatic heterocycles. The van der Waals surface area contributed by atoms with Gasteiger partial charge in [-0.3, -0.25) is 9.59 Å². The fourth-order valence-electron chi connectivity index (χ4n) is 8.93. The van der Waals surface area contributed by atoms with Gasteiger partial charge < -0.3 is 39.4 Å². The zero-order chi connectivity index (χ0) is 51.7. The number of carboxylic acid groups (broad SMARTS) is 1. The molecule has 0 aromatic heterocycles. The standard InChI is InChI=1S/C60H106O11/c1-3-5-7-9-11-13-15-17-19-21-23-25-27-29-30-32-34-36-38-40-42-44-46-48-53(61)68-50-52(51-69-60-57(65)55(63)56(64)58(71-60)59(66)67)70-54(62)49-47-45-43-41-39-37-35-33-31-28-26-24-22-20-18-16-14-12-10-8-6-4-2/h5,7,11,13,17,19,23,25,52,55-58,60,63-65H,3-4,6,8-10,12,14-16,18,20-22,24,26-51H2,1-2H3,(H,66,67)/b7-5-,13-11-,19-17-,25-23-. The molecule has 4 N–H and O–H groups in total. The van der Waals surface area contributed by atoms with E-state index in [-0.39, 0.29) is 26.1 Å². The highest BCUT2D eigenvalue weighted by atomic mass is 16.7. The van der Waals surface area contributed by atoms with E-state index >= 15 is 0 Å². The highest BCUT2D eigenvalue weighted by molar-refractivity contribution is 5.73. The molecule has 0 bridgehead atoms. The average Bonchev–Trinajstić information content (AvgIpc) is 3.36. The van der Waals surface area contributed by atoms with Gasteiger partial charge in [-0.2, -0.15) is 0 Å². The average molecular weight is 1000 g/mol. The first-order valence-electron chi connectivity index (χ1n) is 29.2. The second kappa shape index (κ2) is 49.4. The summed E-state index contributed by atoms with van der Waals surface area (Å²) in [6, 6.07) is 0. The predicted octanol–water partition coefficient (Wildman–Crippen LogP) is 14.8. The molecule has 412 valence electrons. The van der Waals surface area contributed by atoms with Crippen LogP contribution in [-0.4, -0.2) is 88.4 Å². The van der Waals surface area contributed by atoms with Crippen molar-refractivity contribution >= 4 is 17.9 Å². The number of rotatable bonds is 50. The minimum atomic E-state index is -1.86. The van der Waals surface area contributed by atoms with Crippen molar-refractivity contribution in [3.05, 3.63) is 48.6 Å². The van der Waals surface area contributed by atoms with Gasteiger partial charge in [0.2, 0.25) is 0 Å². The number of ether oxygens (including phenoxy) is 4. The Bertz CT molecular complexity index is 1360. The highest BCUT2D eigenvalue weighted by Gasteiger charge is 2.47. The minimum absolute atomic E-state index is 0.185. The molecule has 1 rings (SSSR count). The van der Waals surface area contributed by atoms with E-state index in [0.29, 0.717) is 12.8 Å². The van der Waals surface area contributed by atoms with Crippen LogP contribution in [0.15, 0.2) is 48.6 Å². The van der Waals surface area contributed by atoms with E-state index in [1.165, 1.54) is 154 Å². The number of allylic oxidation sites excluding steroid dienone is 8.